The Morgan fingerprint density at radius 3 is 2.40 bits per heavy atom. The fourth-order valence-electron chi connectivity index (χ4n) is 2.67. The Labute approximate surface area is 116 Å². The molecule has 3 rings (SSSR count). The second-order valence-electron chi connectivity index (χ2n) is 5.30. The van der Waals surface area contributed by atoms with E-state index in [4.69, 9.17) is 4.42 Å². The maximum absolute atomic E-state index is 12.0. The summed E-state index contributed by atoms with van der Waals surface area (Å²) in [7, 11) is 2.24. The molecule has 0 spiro atoms. The molecule has 1 unspecified atom stereocenters. The lowest BCUT2D eigenvalue weighted by Gasteiger charge is -2.31. The van der Waals surface area contributed by atoms with E-state index in [1.807, 2.05) is 0 Å². The molecule has 2 nitrogen and oxygen atoms in total. The average Bonchev–Trinajstić information content (AvgIpc) is 3.02. The third-order valence-corrected chi connectivity index (χ3v) is 3.88. The first-order valence-electron chi connectivity index (χ1n) is 7.01. The Hall–Kier alpha value is -1.23. The lowest BCUT2D eigenvalue weighted by atomic mass is 10.0. The molecule has 0 radical (unpaired) electrons. The second-order valence-corrected chi connectivity index (χ2v) is 5.30. The molecule has 2 aromatic rings. The highest BCUT2D eigenvalue weighted by Crippen LogP contribution is 2.36. The van der Waals surface area contributed by atoms with E-state index in [9.17, 15) is 13.2 Å². The van der Waals surface area contributed by atoms with Crippen molar-refractivity contribution in [2.45, 2.75) is 44.8 Å². The van der Waals surface area contributed by atoms with E-state index in [1.54, 1.807) is 0 Å². The fourth-order valence-corrected chi connectivity index (χ4v) is 2.67. The Morgan fingerprint density at radius 2 is 2.05 bits per heavy atom. The molecule has 0 N–H and O–H groups in total. The van der Waals surface area contributed by atoms with Crippen molar-refractivity contribution >= 4 is 11.2 Å². The number of nitrogens with zero attached hydrogens (tertiary/aromatic N) is 1. The molecule has 1 atom stereocenters. The monoisotopic (exact) mass is 287 g/mol. The summed E-state index contributed by atoms with van der Waals surface area (Å²) in [6.45, 7) is 3.60. The van der Waals surface area contributed by atoms with Crippen LogP contribution in [0.1, 0.15) is 38.2 Å². The van der Waals surface area contributed by atoms with Crippen molar-refractivity contribution in [3.63, 3.8) is 0 Å². The highest BCUT2D eigenvalue weighted by Gasteiger charge is 2.34. The topological polar surface area (TPSA) is 16.4 Å². The molecule has 1 saturated heterocycles. The second kappa shape index (κ2) is 6.04. The molecule has 1 aliphatic rings. The Kier molecular flexibility index (Phi) is 4.58. The first kappa shape index (κ1) is 15.2. The fraction of sp³-hybridized carbons (Fsp3) is 0.600. The van der Waals surface area contributed by atoms with Crippen LogP contribution in [0.3, 0.4) is 0 Å². The maximum Gasteiger partial charge on any atom is 0.420 e. The molecule has 1 fully saturated rings. The molecular weight excluding hydrogens is 267 g/mol. The standard InChI is InChI=1S/C8H17N.C7H3F3O/c1-3-8-6-4-5-7-9(8)2;8-7(9,10)5-3-4-1-2-6(5)11-4/h8H,3-7H2,1-2H3;1-3H. The summed E-state index contributed by atoms with van der Waals surface area (Å²) < 4.78 is 40.7. The van der Waals surface area contributed by atoms with Gasteiger partial charge in [-0.05, 0) is 51.1 Å². The minimum Gasteiger partial charge on any atom is -0.457 e. The van der Waals surface area contributed by atoms with Crippen molar-refractivity contribution in [3.05, 3.63) is 23.8 Å². The van der Waals surface area contributed by atoms with Crippen LogP contribution in [0.4, 0.5) is 13.2 Å². The lowest BCUT2D eigenvalue weighted by Crippen LogP contribution is -2.35. The summed E-state index contributed by atoms with van der Waals surface area (Å²) in [5.41, 5.74) is -0.505. The molecule has 0 aliphatic carbocycles. The Morgan fingerprint density at radius 1 is 1.30 bits per heavy atom. The van der Waals surface area contributed by atoms with E-state index >= 15 is 0 Å². The van der Waals surface area contributed by atoms with Gasteiger partial charge in [0, 0.05) is 6.04 Å². The van der Waals surface area contributed by atoms with Crippen LogP contribution in [-0.4, -0.2) is 24.5 Å². The molecule has 5 heteroatoms. The number of fused-ring (bicyclic) bond motifs is 2. The van der Waals surface area contributed by atoms with E-state index in [-0.39, 0.29) is 11.2 Å². The Bertz CT molecular complexity index is 520. The van der Waals surface area contributed by atoms with Crippen LogP contribution in [0.2, 0.25) is 0 Å². The van der Waals surface area contributed by atoms with Crippen molar-refractivity contribution in [1.82, 2.24) is 4.90 Å². The zero-order valence-corrected chi connectivity index (χ0v) is 11.8. The summed E-state index contributed by atoms with van der Waals surface area (Å²) >= 11 is 0. The molecule has 20 heavy (non-hydrogen) atoms. The van der Waals surface area contributed by atoms with Gasteiger partial charge in [-0.2, -0.15) is 13.2 Å². The van der Waals surface area contributed by atoms with Gasteiger partial charge < -0.3 is 9.32 Å². The van der Waals surface area contributed by atoms with Crippen LogP contribution >= 0.6 is 0 Å². The van der Waals surface area contributed by atoms with Crippen LogP contribution in [0.5, 0.6) is 0 Å². The number of piperidine rings is 1. The first-order valence-corrected chi connectivity index (χ1v) is 7.01. The van der Waals surface area contributed by atoms with Crippen molar-refractivity contribution in [2.24, 2.45) is 0 Å². The van der Waals surface area contributed by atoms with E-state index in [2.05, 4.69) is 18.9 Å². The predicted octanol–water partition coefficient (Wildman–Crippen LogP) is 4.77. The number of likely N-dealkylation sites (tertiary alicyclic amines) is 1. The number of hydrogen-bond donors (Lipinski definition) is 0. The largest absolute Gasteiger partial charge is 0.457 e. The predicted molar refractivity (Wildman–Crippen MR) is 73.0 cm³/mol. The quantitative estimate of drug-likeness (QED) is 0.751. The highest BCUT2D eigenvalue weighted by molar-refractivity contribution is 5.66. The highest BCUT2D eigenvalue weighted by atomic mass is 19.4. The first-order chi connectivity index (χ1) is 9.41. The third-order valence-electron chi connectivity index (χ3n) is 3.88. The summed E-state index contributed by atoms with van der Waals surface area (Å²) in [5, 5.41) is 0. The summed E-state index contributed by atoms with van der Waals surface area (Å²) in [6.07, 6.45) is 1.32. The summed E-state index contributed by atoms with van der Waals surface area (Å²) in [6, 6.07) is 4.71. The van der Waals surface area contributed by atoms with Gasteiger partial charge in [-0.25, -0.2) is 0 Å². The number of furan rings is 2. The van der Waals surface area contributed by atoms with Crippen LogP contribution in [0, 0.1) is 0 Å². The van der Waals surface area contributed by atoms with Gasteiger partial charge in [0.25, 0.3) is 0 Å². The van der Waals surface area contributed by atoms with E-state index in [0.717, 1.165) is 12.1 Å². The van der Waals surface area contributed by atoms with Gasteiger partial charge in [0.15, 0.2) is 0 Å². The van der Waals surface area contributed by atoms with Gasteiger partial charge in [0.1, 0.15) is 16.7 Å². The molecule has 2 aromatic heterocycles. The van der Waals surface area contributed by atoms with Crippen molar-refractivity contribution in [3.8, 4) is 0 Å². The molecule has 0 aromatic carbocycles. The SMILES string of the molecule is CCC1CCCCN1C.FC(F)(F)c1cc2ccc1o2. The van der Waals surface area contributed by atoms with Crippen molar-refractivity contribution in [2.75, 3.05) is 13.6 Å². The molecule has 0 amide bonds. The number of benzene rings is 1. The summed E-state index contributed by atoms with van der Waals surface area (Å²) in [5.74, 6) is 0. The number of hydrogen-bond acceptors (Lipinski definition) is 2. The minimum absolute atomic E-state index is 0.0903. The van der Waals surface area contributed by atoms with Crippen LogP contribution < -0.4 is 0 Å². The molecule has 0 saturated carbocycles. The third kappa shape index (κ3) is 3.45. The molecular formula is C15H20F3NO. The summed E-state index contributed by atoms with van der Waals surface area (Å²) in [4.78, 5) is 2.49. The minimum atomic E-state index is -4.29. The van der Waals surface area contributed by atoms with Gasteiger partial charge in [-0.3, -0.25) is 0 Å². The normalized spacial score (nSPS) is 20.9. The van der Waals surface area contributed by atoms with Gasteiger partial charge in [0.05, 0.1) is 0 Å². The van der Waals surface area contributed by atoms with Gasteiger partial charge in [-0.1, -0.05) is 13.3 Å². The average molecular weight is 287 g/mol. The van der Waals surface area contributed by atoms with E-state index in [1.165, 1.54) is 44.4 Å². The van der Waals surface area contributed by atoms with Gasteiger partial charge in [0.2, 0.25) is 0 Å². The molecule has 1 aliphatic heterocycles. The zero-order chi connectivity index (χ0) is 14.8. The smallest absolute Gasteiger partial charge is 0.420 e. The van der Waals surface area contributed by atoms with E-state index < -0.39 is 11.7 Å². The maximum atomic E-state index is 12.0. The van der Waals surface area contributed by atoms with E-state index in [0.29, 0.717) is 0 Å². The van der Waals surface area contributed by atoms with Crippen molar-refractivity contribution < 1.29 is 17.6 Å². The van der Waals surface area contributed by atoms with Gasteiger partial charge >= 0.3 is 6.18 Å². The van der Waals surface area contributed by atoms with Crippen LogP contribution in [0.15, 0.2) is 22.6 Å². The molecule has 112 valence electrons. The number of rotatable bonds is 1. The molecule has 2 bridgehead atoms. The lowest BCUT2D eigenvalue weighted by molar-refractivity contribution is -0.136. The molecule has 3 heterocycles. The van der Waals surface area contributed by atoms with Crippen LogP contribution in [0.25, 0.3) is 11.2 Å². The van der Waals surface area contributed by atoms with Crippen molar-refractivity contribution in [1.29, 1.82) is 0 Å². The zero-order valence-electron chi connectivity index (χ0n) is 11.8. The van der Waals surface area contributed by atoms with Crippen LogP contribution in [-0.2, 0) is 6.18 Å². The van der Waals surface area contributed by atoms with Gasteiger partial charge in [-0.15, -0.1) is 0 Å². The number of alkyl halides is 3. The Balaban J connectivity index is 0.000000151. The number of halogens is 3.